The molecule has 2 heterocycles. The number of morpholine rings is 1. The lowest BCUT2D eigenvalue weighted by atomic mass is 9.99. The Kier molecular flexibility index (Phi) is 5.53. The molecule has 1 amide bonds. The molecule has 1 aromatic rings. The zero-order valence-corrected chi connectivity index (χ0v) is 14.5. The van der Waals surface area contributed by atoms with Crippen LogP contribution < -0.4 is 4.74 Å². The summed E-state index contributed by atoms with van der Waals surface area (Å²) in [5.41, 5.74) is 2.52. The van der Waals surface area contributed by atoms with Gasteiger partial charge in [-0.1, -0.05) is 18.2 Å². The fourth-order valence-electron chi connectivity index (χ4n) is 3.32. The van der Waals surface area contributed by atoms with E-state index in [1.807, 2.05) is 24.0 Å². The van der Waals surface area contributed by atoms with Gasteiger partial charge < -0.3 is 14.4 Å². The highest BCUT2D eigenvalue weighted by Crippen LogP contribution is 2.25. The van der Waals surface area contributed by atoms with Gasteiger partial charge in [-0.05, 0) is 36.6 Å². The lowest BCUT2D eigenvalue weighted by Crippen LogP contribution is -2.51. The average Bonchev–Trinajstić information content (AvgIpc) is 2.68. The average molecular weight is 330 g/mol. The van der Waals surface area contributed by atoms with Crippen LogP contribution in [-0.2, 0) is 9.53 Å². The number of methoxy groups -OCH3 is 1. The number of rotatable bonds is 4. The van der Waals surface area contributed by atoms with Crippen molar-refractivity contribution in [3.63, 3.8) is 0 Å². The molecule has 0 saturated carbocycles. The van der Waals surface area contributed by atoms with Gasteiger partial charge in [-0.25, -0.2) is 0 Å². The number of ether oxygens (including phenoxy) is 2. The van der Waals surface area contributed by atoms with Crippen molar-refractivity contribution < 1.29 is 14.3 Å². The second kappa shape index (κ2) is 7.81. The van der Waals surface area contributed by atoms with Crippen LogP contribution in [0.3, 0.4) is 0 Å². The molecular formula is C19H26N2O3. The molecule has 2 aliphatic heterocycles. The Morgan fingerprint density at radius 1 is 1.17 bits per heavy atom. The standard InChI is InChI=1S/C19H26N2O3/c1-15(20-11-13-24-14-12-20)19(22)21-9-7-17(8-10-21)16-3-5-18(23-2)6-4-16/h3-7,15H,8-14H2,1-2H3. The Bertz CT molecular complexity index is 591. The third-order valence-corrected chi connectivity index (χ3v) is 4.93. The SMILES string of the molecule is COc1ccc(C2=CCN(C(=O)C(C)N3CCOCC3)CC2)cc1. The molecule has 130 valence electrons. The Hall–Kier alpha value is -1.85. The molecule has 2 aliphatic rings. The third-order valence-electron chi connectivity index (χ3n) is 4.93. The normalized spacial score (nSPS) is 20.4. The molecule has 0 spiro atoms. The molecule has 1 fully saturated rings. The molecule has 0 N–H and O–H groups in total. The van der Waals surface area contributed by atoms with Crippen LogP contribution in [0.15, 0.2) is 30.3 Å². The van der Waals surface area contributed by atoms with Crippen LogP contribution in [0.1, 0.15) is 18.9 Å². The van der Waals surface area contributed by atoms with Crippen molar-refractivity contribution >= 4 is 11.5 Å². The number of hydrogen-bond donors (Lipinski definition) is 0. The Balaban J connectivity index is 1.60. The van der Waals surface area contributed by atoms with Gasteiger partial charge in [-0.15, -0.1) is 0 Å². The van der Waals surface area contributed by atoms with Gasteiger partial charge in [0.05, 0.1) is 26.4 Å². The van der Waals surface area contributed by atoms with Crippen LogP contribution in [0.5, 0.6) is 5.75 Å². The van der Waals surface area contributed by atoms with E-state index in [-0.39, 0.29) is 11.9 Å². The van der Waals surface area contributed by atoms with Crippen molar-refractivity contribution in [2.75, 3.05) is 46.5 Å². The summed E-state index contributed by atoms with van der Waals surface area (Å²) in [6.07, 6.45) is 3.07. The Labute approximate surface area is 143 Å². The van der Waals surface area contributed by atoms with Crippen LogP contribution in [-0.4, -0.2) is 68.3 Å². The first-order valence-electron chi connectivity index (χ1n) is 8.63. The fourth-order valence-corrected chi connectivity index (χ4v) is 3.32. The predicted octanol–water partition coefficient (Wildman–Crippen LogP) is 2.03. The molecule has 24 heavy (non-hydrogen) atoms. The number of carbonyl (C=O) groups excluding carboxylic acids is 1. The number of carbonyl (C=O) groups is 1. The van der Waals surface area contributed by atoms with Gasteiger partial charge in [0.2, 0.25) is 5.91 Å². The van der Waals surface area contributed by atoms with Gasteiger partial charge in [-0.3, -0.25) is 9.69 Å². The zero-order valence-electron chi connectivity index (χ0n) is 14.5. The lowest BCUT2D eigenvalue weighted by Gasteiger charge is -2.35. The van der Waals surface area contributed by atoms with E-state index in [2.05, 4.69) is 23.1 Å². The molecule has 1 saturated heterocycles. The maximum Gasteiger partial charge on any atom is 0.239 e. The molecule has 5 heteroatoms. The van der Waals surface area contributed by atoms with E-state index < -0.39 is 0 Å². The Morgan fingerprint density at radius 3 is 2.46 bits per heavy atom. The number of hydrogen-bond acceptors (Lipinski definition) is 4. The molecule has 1 atom stereocenters. The summed E-state index contributed by atoms with van der Waals surface area (Å²) < 4.78 is 10.6. The van der Waals surface area contributed by atoms with Crippen molar-refractivity contribution in [3.05, 3.63) is 35.9 Å². The van der Waals surface area contributed by atoms with Gasteiger partial charge >= 0.3 is 0 Å². The van der Waals surface area contributed by atoms with Crippen LogP contribution in [0.2, 0.25) is 0 Å². The van der Waals surface area contributed by atoms with Crippen LogP contribution in [0.4, 0.5) is 0 Å². The minimum absolute atomic E-state index is 0.0650. The summed E-state index contributed by atoms with van der Waals surface area (Å²) in [7, 11) is 1.67. The van der Waals surface area contributed by atoms with Gasteiger partial charge in [0.25, 0.3) is 0 Å². The predicted molar refractivity (Wildman–Crippen MR) is 94.0 cm³/mol. The minimum atomic E-state index is -0.0650. The van der Waals surface area contributed by atoms with E-state index in [1.165, 1.54) is 11.1 Å². The van der Waals surface area contributed by atoms with Gasteiger partial charge in [-0.2, -0.15) is 0 Å². The van der Waals surface area contributed by atoms with Gasteiger partial charge in [0, 0.05) is 26.2 Å². The first-order valence-corrected chi connectivity index (χ1v) is 8.63. The molecule has 0 radical (unpaired) electrons. The molecule has 0 aromatic heterocycles. The van der Waals surface area contributed by atoms with E-state index in [1.54, 1.807) is 7.11 Å². The van der Waals surface area contributed by atoms with Crippen LogP contribution in [0, 0.1) is 0 Å². The maximum atomic E-state index is 12.7. The molecule has 5 nitrogen and oxygen atoms in total. The first-order chi connectivity index (χ1) is 11.7. The molecular weight excluding hydrogens is 304 g/mol. The summed E-state index contributed by atoms with van der Waals surface area (Å²) in [5, 5.41) is 0. The molecule has 1 aromatic carbocycles. The summed E-state index contributed by atoms with van der Waals surface area (Å²) in [5.74, 6) is 1.09. The second-order valence-corrected chi connectivity index (χ2v) is 6.32. The highest BCUT2D eigenvalue weighted by Gasteiger charge is 2.28. The molecule has 0 aliphatic carbocycles. The van der Waals surface area contributed by atoms with Crippen molar-refractivity contribution in [1.82, 2.24) is 9.80 Å². The van der Waals surface area contributed by atoms with E-state index in [4.69, 9.17) is 9.47 Å². The van der Waals surface area contributed by atoms with Crippen molar-refractivity contribution in [3.8, 4) is 5.75 Å². The smallest absolute Gasteiger partial charge is 0.239 e. The number of amides is 1. The highest BCUT2D eigenvalue weighted by atomic mass is 16.5. The maximum absolute atomic E-state index is 12.7. The monoisotopic (exact) mass is 330 g/mol. The number of benzene rings is 1. The number of nitrogens with zero attached hydrogens (tertiary/aromatic N) is 2. The quantitative estimate of drug-likeness (QED) is 0.847. The van der Waals surface area contributed by atoms with E-state index >= 15 is 0 Å². The van der Waals surface area contributed by atoms with Crippen molar-refractivity contribution in [1.29, 1.82) is 0 Å². The second-order valence-electron chi connectivity index (χ2n) is 6.32. The largest absolute Gasteiger partial charge is 0.497 e. The van der Waals surface area contributed by atoms with Crippen molar-refractivity contribution in [2.24, 2.45) is 0 Å². The zero-order chi connectivity index (χ0) is 16.9. The summed E-state index contributed by atoms with van der Waals surface area (Å²) in [6, 6.07) is 8.06. The summed E-state index contributed by atoms with van der Waals surface area (Å²) in [6.45, 7) is 6.61. The lowest BCUT2D eigenvalue weighted by molar-refractivity contribution is -0.137. The van der Waals surface area contributed by atoms with Gasteiger partial charge in [0.15, 0.2) is 0 Å². The van der Waals surface area contributed by atoms with Gasteiger partial charge in [0.1, 0.15) is 5.75 Å². The summed E-state index contributed by atoms with van der Waals surface area (Å²) in [4.78, 5) is 16.9. The van der Waals surface area contributed by atoms with E-state index in [0.29, 0.717) is 6.54 Å². The van der Waals surface area contributed by atoms with Crippen molar-refractivity contribution in [2.45, 2.75) is 19.4 Å². The van der Waals surface area contributed by atoms with E-state index in [0.717, 1.165) is 45.0 Å². The fraction of sp³-hybridized carbons (Fsp3) is 0.526. The highest BCUT2D eigenvalue weighted by molar-refractivity contribution is 5.83. The third kappa shape index (κ3) is 3.79. The molecule has 1 unspecified atom stereocenters. The minimum Gasteiger partial charge on any atom is -0.497 e. The van der Waals surface area contributed by atoms with Crippen LogP contribution in [0.25, 0.3) is 5.57 Å². The van der Waals surface area contributed by atoms with Crippen LogP contribution >= 0.6 is 0 Å². The molecule has 0 bridgehead atoms. The summed E-state index contributed by atoms with van der Waals surface area (Å²) >= 11 is 0. The topological polar surface area (TPSA) is 42.0 Å². The molecule has 3 rings (SSSR count). The van der Waals surface area contributed by atoms with E-state index in [9.17, 15) is 4.79 Å². The Morgan fingerprint density at radius 2 is 1.88 bits per heavy atom. The first kappa shape index (κ1) is 17.0.